The summed E-state index contributed by atoms with van der Waals surface area (Å²) in [6.07, 6.45) is -0.270. The quantitative estimate of drug-likeness (QED) is 0.747. The Morgan fingerprint density at radius 1 is 1.24 bits per heavy atom. The molecule has 0 amide bonds. The smallest absolute Gasteiger partial charge is 0.306 e. The van der Waals surface area contributed by atoms with Gasteiger partial charge in [-0.1, -0.05) is 6.92 Å². The third kappa shape index (κ3) is 3.94. The monoisotopic (exact) mass is 325 g/mol. The number of methoxy groups -OCH3 is 1. The Morgan fingerprint density at radius 2 is 1.76 bits per heavy atom. The lowest BCUT2D eigenvalue weighted by Crippen LogP contribution is -2.34. The molecule has 0 aliphatic heterocycles. The number of carbonyl (C=O) groups excluding carboxylic acids is 1. The van der Waals surface area contributed by atoms with E-state index in [-0.39, 0.29) is 31.6 Å². The highest BCUT2D eigenvalue weighted by Crippen LogP contribution is 2.23. The first kappa shape index (κ1) is 17.4. The van der Waals surface area contributed by atoms with Crippen molar-refractivity contribution < 1.29 is 31.1 Å². The fourth-order valence-electron chi connectivity index (χ4n) is 1.67. The van der Waals surface area contributed by atoms with E-state index in [4.69, 9.17) is 0 Å². The second-order valence-corrected chi connectivity index (χ2v) is 5.90. The van der Waals surface area contributed by atoms with Crippen molar-refractivity contribution in [3.63, 3.8) is 0 Å². The van der Waals surface area contributed by atoms with Crippen molar-refractivity contribution >= 4 is 16.0 Å². The SMILES string of the molecule is CCN(CCC(=O)OC)S(=O)(=O)c1c(F)cc(F)cc1F. The molecule has 0 aliphatic rings. The van der Waals surface area contributed by atoms with E-state index in [2.05, 4.69) is 4.74 Å². The molecular formula is C12H14F3NO4S. The fourth-order valence-corrected chi connectivity index (χ4v) is 3.21. The molecule has 9 heteroatoms. The Balaban J connectivity index is 3.16. The van der Waals surface area contributed by atoms with Crippen LogP contribution in [0.25, 0.3) is 0 Å². The lowest BCUT2D eigenvalue weighted by molar-refractivity contribution is -0.140. The number of hydrogen-bond acceptors (Lipinski definition) is 4. The van der Waals surface area contributed by atoms with Gasteiger partial charge in [0.2, 0.25) is 10.0 Å². The Bertz CT molecular complexity index is 610. The number of benzene rings is 1. The minimum atomic E-state index is -4.52. The summed E-state index contributed by atoms with van der Waals surface area (Å²) in [5, 5.41) is 0. The highest BCUT2D eigenvalue weighted by molar-refractivity contribution is 7.89. The van der Waals surface area contributed by atoms with E-state index < -0.39 is 38.3 Å². The van der Waals surface area contributed by atoms with Gasteiger partial charge in [-0.3, -0.25) is 4.79 Å². The highest BCUT2D eigenvalue weighted by atomic mass is 32.2. The molecule has 1 aromatic carbocycles. The maximum absolute atomic E-state index is 13.6. The zero-order chi connectivity index (χ0) is 16.2. The summed E-state index contributed by atoms with van der Waals surface area (Å²) in [6.45, 7) is 1.02. The molecule has 0 unspecified atom stereocenters. The van der Waals surface area contributed by atoms with Gasteiger partial charge in [-0.25, -0.2) is 21.6 Å². The van der Waals surface area contributed by atoms with Gasteiger partial charge in [0, 0.05) is 25.2 Å². The average Bonchev–Trinajstić information content (AvgIpc) is 2.36. The van der Waals surface area contributed by atoms with Gasteiger partial charge in [-0.15, -0.1) is 0 Å². The molecule has 0 spiro atoms. The fraction of sp³-hybridized carbons (Fsp3) is 0.417. The summed E-state index contributed by atoms with van der Waals surface area (Å²) in [5.41, 5.74) is 0. The molecule has 1 aromatic rings. The lowest BCUT2D eigenvalue weighted by atomic mass is 10.3. The Labute approximate surface area is 120 Å². The first-order chi connectivity index (χ1) is 9.73. The topological polar surface area (TPSA) is 63.7 Å². The van der Waals surface area contributed by atoms with Gasteiger partial charge in [0.15, 0.2) is 4.90 Å². The minimum Gasteiger partial charge on any atom is -0.469 e. The normalized spacial score (nSPS) is 11.7. The molecule has 0 saturated carbocycles. The molecule has 0 atom stereocenters. The zero-order valence-electron chi connectivity index (χ0n) is 11.4. The highest BCUT2D eigenvalue weighted by Gasteiger charge is 2.30. The molecular weight excluding hydrogens is 311 g/mol. The Morgan fingerprint density at radius 3 is 2.19 bits per heavy atom. The number of rotatable bonds is 6. The van der Waals surface area contributed by atoms with Crippen LogP contribution in [-0.4, -0.2) is 38.9 Å². The molecule has 118 valence electrons. The van der Waals surface area contributed by atoms with Crippen LogP contribution in [0.1, 0.15) is 13.3 Å². The molecule has 0 aromatic heterocycles. The van der Waals surface area contributed by atoms with Gasteiger partial charge in [0.25, 0.3) is 0 Å². The summed E-state index contributed by atoms with van der Waals surface area (Å²) in [7, 11) is -3.39. The molecule has 21 heavy (non-hydrogen) atoms. The number of halogens is 3. The molecule has 0 saturated heterocycles. The molecule has 0 radical (unpaired) electrons. The first-order valence-corrected chi connectivity index (χ1v) is 7.39. The van der Waals surface area contributed by atoms with Crippen LogP contribution >= 0.6 is 0 Å². The number of carbonyl (C=O) groups is 1. The number of nitrogens with zero attached hydrogens (tertiary/aromatic N) is 1. The predicted molar refractivity (Wildman–Crippen MR) is 67.4 cm³/mol. The van der Waals surface area contributed by atoms with Gasteiger partial charge in [-0.2, -0.15) is 4.31 Å². The maximum atomic E-state index is 13.6. The molecule has 5 nitrogen and oxygen atoms in total. The van der Waals surface area contributed by atoms with Crippen LogP contribution < -0.4 is 0 Å². The maximum Gasteiger partial charge on any atom is 0.306 e. The van der Waals surface area contributed by atoms with Crippen LogP contribution in [-0.2, 0) is 19.6 Å². The van der Waals surface area contributed by atoms with Crippen LogP contribution in [0.4, 0.5) is 13.2 Å². The third-order valence-corrected chi connectivity index (χ3v) is 4.73. The summed E-state index contributed by atoms with van der Waals surface area (Å²) in [6, 6.07) is 0.564. The second-order valence-electron chi connectivity index (χ2n) is 4.02. The third-order valence-electron chi connectivity index (χ3n) is 2.71. The van der Waals surface area contributed by atoms with E-state index in [1.165, 1.54) is 6.92 Å². The summed E-state index contributed by atoms with van der Waals surface area (Å²) in [4.78, 5) is 9.79. The van der Waals surface area contributed by atoms with Crippen molar-refractivity contribution in [2.24, 2.45) is 0 Å². The van der Waals surface area contributed by atoms with Gasteiger partial charge in [0.1, 0.15) is 17.5 Å². The van der Waals surface area contributed by atoms with Gasteiger partial charge in [0.05, 0.1) is 13.5 Å². The molecule has 0 bridgehead atoms. The van der Waals surface area contributed by atoms with E-state index in [9.17, 15) is 26.4 Å². The largest absolute Gasteiger partial charge is 0.469 e. The van der Waals surface area contributed by atoms with Gasteiger partial charge < -0.3 is 4.74 Å². The molecule has 0 aliphatic carbocycles. The number of ether oxygens (including phenoxy) is 1. The summed E-state index contributed by atoms with van der Waals surface area (Å²) < 4.78 is 69.5. The van der Waals surface area contributed by atoms with Crippen LogP contribution in [0.5, 0.6) is 0 Å². The second kappa shape index (κ2) is 6.90. The number of sulfonamides is 1. The molecule has 0 heterocycles. The Kier molecular flexibility index (Phi) is 5.73. The average molecular weight is 325 g/mol. The van der Waals surface area contributed by atoms with Crippen molar-refractivity contribution in [3.8, 4) is 0 Å². The number of esters is 1. The molecule has 1 rings (SSSR count). The van der Waals surface area contributed by atoms with Crippen LogP contribution in [0.15, 0.2) is 17.0 Å². The van der Waals surface area contributed by atoms with E-state index in [1.807, 2.05) is 0 Å². The zero-order valence-corrected chi connectivity index (χ0v) is 12.2. The lowest BCUT2D eigenvalue weighted by Gasteiger charge is -2.20. The van der Waals surface area contributed by atoms with Crippen molar-refractivity contribution in [2.45, 2.75) is 18.2 Å². The van der Waals surface area contributed by atoms with Crippen LogP contribution in [0.3, 0.4) is 0 Å². The van der Waals surface area contributed by atoms with Crippen LogP contribution in [0, 0.1) is 17.5 Å². The minimum absolute atomic E-state index is 0.115. The van der Waals surface area contributed by atoms with E-state index in [0.717, 1.165) is 7.11 Å². The van der Waals surface area contributed by atoms with Gasteiger partial charge in [-0.05, 0) is 0 Å². The van der Waals surface area contributed by atoms with Crippen LogP contribution in [0.2, 0.25) is 0 Å². The standard InChI is InChI=1S/C12H14F3NO4S/c1-3-16(5-4-11(17)20-2)21(18,19)12-9(14)6-8(13)7-10(12)15/h6-7H,3-5H2,1-2H3. The number of hydrogen-bond donors (Lipinski definition) is 0. The van der Waals surface area contributed by atoms with E-state index in [0.29, 0.717) is 4.31 Å². The summed E-state index contributed by atoms with van der Waals surface area (Å²) >= 11 is 0. The predicted octanol–water partition coefficient (Wildman–Crippen LogP) is 1.68. The van der Waals surface area contributed by atoms with Crippen molar-refractivity contribution in [3.05, 3.63) is 29.6 Å². The first-order valence-electron chi connectivity index (χ1n) is 5.95. The van der Waals surface area contributed by atoms with Crippen molar-refractivity contribution in [2.75, 3.05) is 20.2 Å². The Hall–Kier alpha value is -1.61. The van der Waals surface area contributed by atoms with Crippen molar-refractivity contribution in [1.29, 1.82) is 0 Å². The van der Waals surface area contributed by atoms with Crippen molar-refractivity contribution in [1.82, 2.24) is 4.31 Å². The van der Waals surface area contributed by atoms with E-state index in [1.54, 1.807) is 0 Å². The van der Waals surface area contributed by atoms with Gasteiger partial charge >= 0.3 is 5.97 Å². The molecule has 0 N–H and O–H groups in total. The molecule has 0 fully saturated rings. The summed E-state index contributed by atoms with van der Waals surface area (Å²) in [5.74, 6) is -4.93. The van der Waals surface area contributed by atoms with E-state index >= 15 is 0 Å².